The van der Waals surface area contributed by atoms with Crippen molar-refractivity contribution in [2.24, 2.45) is 0 Å². The highest BCUT2D eigenvalue weighted by atomic mass is 19.3. The van der Waals surface area contributed by atoms with Crippen LogP contribution >= 0.6 is 0 Å². The van der Waals surface area contributed by atoms with Gasteiger partial charge < -0.3 is 0 Å². The van der Waals surface area contributed by atoms with Gasteiger partial charge in [-0.2, -0.15) is 0 Å². The van der Waals surface area contributed by atoms with E-state index < -0.39 is 11.9 Å². The lowest BCUT2D eigenvalue weighted by atomic mass is 10.7. The lowest BCUT2D eigenvalue weighted by Gasteiger charge is -1.82. The second-order valence-corrected chi connectivity index (χ2v) is 0.729. The van der Waals surface area contributed by atoms with E-state index in [0.717, 1.165) is 0 Å². The fraction of sp³-hybridized carbons (Fsp3) is 0. The first-order chi connectivity index (χ1) is 3.72. The fourth-order valence-electron chi connectivity index (χ4n) is 0.0630. The van der Waals surface area contributed by atoms with E-state index >= 15 is 0 Å². The number of hydrogen-bond acceptors (Lipinski definition) is 4. The van der Waals surface area contributed by atoms with Crippen molar-refractivity contribution < 1.29 is 28.5 Å². The Morgan fingerprint density at radius 1 is 1.00 bits per heavy atom. The number of hydrogen-bond donors (Lipinski definition) is 0. The Bertz CT molecular complexity index is 96.6. The van der Waals surface area contributed by atoms with Crippen LogP contribution in [0.5, 0.6) is 0 Å². The predicted molar refractivity (Wildman–Crippen MR) is 14.4 cm³/mol. The van der Waals surface area contributed by atoms with Crippen LogP contribution in [0.3, 0.4) is 0 Å². The van der Waals surface area contributed by atoms with E-state index in [0.29, 0.717) is 0 Å². The van der Waals surface area contributed by atoms with Gasteiger partial charge in [-0.3, -0.25) is 0 Å². The molecule has 0 aromatic carbocycles. The second-order valence-electron chi connectivity index (χ2n) is 0.729. The van der Waals surface area contributed by atoms with Gasteiger partial charge in [0.15, 0.2) is 0 Å². The zero-order valence-corrected chi connectivity index (χ0v) is 3.39. The molecule has 0 saturated heterocycles. The third kappa shape index (κ3) is 1.50. The monoisotopic (exact) mass is 126 g/mol. The summed E-state index contributed by atoms with van der Waals surface area (Å²) in [7, 11) is 0. The van der Waals surface area contributed by atoms with Crippen LogP contribution in [0, 0.1) is 0 Å². The molecule has 0 aliphatic rings. The van der Waals surface area contributed by atoms with Gasteiger partial charge in [0.25, 0.3) is 0 Å². The van der Waals surface area contributed by atoms with Gasteiger partial charge in [-0.1, -0.05) is 0 Å². The minimum absolute atomic E-state index is 2.02. The molecule has 8 heavy (non-hydrogen) atoms. The molecule has 0 aliphatic carbocycles. The topological polar surface area (TPSA) is 52.6 Å². The zero-order chi connectivity index (χ0) is 6.57. The van der Waals surface area contributed by atoms with Crippen LogP contribution in [0.2, 0.25) is 0 Å². The zero-order valence-electron chi connectivity index (χ0n) is 3.39. The molecule has 6 heteroatoms. The molecule has 0 saturated carbocycles. The molecule has 0 spiro atoms. The van der Waals surface area contributed by atoms with Crippen LogP contribution < -0.4 is 0 Å². The Kier molecular flexibility index (Phi) is 2.46. The van der Waals surface area contributed by atoms with Gasteiger partial charge in [0.1, 0.15) is 0 Å². The molecule has 0 bridgehead atoms. The van der Waals surface area contributed by atoms with Crippen molar-refractivity contribution in [1.82, 2.24) is 0 Å². The molecule has 0 atom stereocenters. The van der Waals surface area contributed by atoms with E-state index in [9.17, 15) is 18.6 Å². The van der Waals surface area contributed by atoms with Gasteiger partial charge in [0.05, 0.1) is 0 Å². The first kappa shape index (κ1) is 6.80. The molecule has 0 aromatic rings. The Morgan fingerprint density at radius 2 is 1.25 bits per heavy atom. The molecule has 0 aromatic heterocycles. The smallest absolute Gasteiger partial charge is 0.242 e. The quantitative estimate of drug-likeness (QED) is 0.423. The van der Waals surface area contributed by atoms with Crippen molar-refractivity contribution in [1.29, 1.82) is 0 Å². The third-order valence-corrected chi connectivity index (χ3v) is 0.307. The molecule has 0 unspecified atom stereocenters. The van der Waals surface area contributed by atoms with E-state index in [1.54, 1.807) is 0 Å². The van der Waals surface area contributed by atoms with Crippen LogP contribution in [0.25, 0.3) is 0 Å². The van der Waals surface area contributed by atoms with Crippen molar-refractivity contribution in [3.8, 4) is 0 Å². The number of rotatable bonds is 0. The summed E-state index contributed by atoms with van der Waals surface area (Å²) in [5, 5.41) is 0. The van der Waals surface area contributed by atoms with Crippen molar-refractivity contribution in [2.75, 3.05) is 0 Å². The van der Waals surface area contributed by atoms with Crippen LogP contribution in [0.1, 0.15) is 0 Å². The number of carbonyl (C=O) groups excluding carboxylic acids is 2. The molecule has 0 radical (unpaired) electrons. The molecule has 0 N–H and O–H groups in total. The highest BCUT2D eigenvalue weighted by molar-refractivity contribution is 6.29. The van der Waals surface area contributed by atoms with Crippen molar-refractivity contribution in [2.45, 2.75) is 0 Å². The molecule has 0 amide bonds. The summed E-state index contributed by atoms with van der Waals surface area (Å²) in [5.74, 6) is -4.04. The van der Waals surface area contributed by atoms with Gasteiger partial charge in [-0.25, -0.2) is 19.5 Å². The minimum atomic E-state index is -2.02. The fourth-order valence-corrected chi connectivity index (χ4v) is 0.0630. The normalized spacial score (nSPS) is 7.75. The van der Waals surface area contributed by atoms with Crippen LogP contribution in [-0.2, 0) is 19.5 Å². The van der Waals surface area contributed by atoms with E-state index in [1.165, 1.54) is 0 Å². The molecule has 0 fully saturated rings. The highest BCUT2D eigenvalue weighted by Gasteiger charge is 2.18. The molecular weight excluding hydrogens is 126 g/mol. The van der Waals surface area contributed by atoms with Crippen molar-refractivity contribution in [3.05, 3.63) is 0 Å². The van der Waals surface area contributed by atoms with E-state index in [1.807, 2.05) is 0 Å². The Morgan fingerprint density at radius 3 is 1.38 bits per heavy atom. The summed E-state index contributed by atoms with van der Waals surface area (Å²) >= 11 is 0. The van der Waals surface area contributed by atoms with Gasteiger partial charge in [-0.05, 0) is 0 Å². The summed E-state index contributed by atoms with van der Waals surface area (Å²) in [6.45, 7) is 0. The highest BCUT2D eigenvalue weighted by Crippen LogP contribution is 1.83. The van der Waals surface area contributed by atoms with Crippen molar-refractivity contribution >= 4 is 11.9 Å². The molecular formula is C2F2O4. The standard InChI is InChI=1S/C2F2O4/c3-7-1(5)2(6)8-4. The average Bonchev–Trinajstić information content (AvgIpc) is 1.84. The molecule has 4 nitrogen and oxygen atoms in total. The maximum atomic E-state index is 10.5. The van der Waals surface area contributed by atoms with Crippen LogP contribution in [0.15, 0.2) is 0 Å². The largest absolute Gasteiger partial charge is 0.459 e. The Hall–Kier alpha value is -1.20. The van der Waals surface area contributed by atoms with Crippen molar-refractivity contribution in [3.63, 3.8) is 0 Å². The van der Waals surface area contributed by atoms with Gasteiger partial charge in [-0.15, -0.1) is 0 Å². The lowest BCUT2D eigenvalue weighted by molar-refractivity contribution is -0.212. The Balaban J connectivity index is 3.64. The summed E-state index contributed by atoms with van der Waals surface area (Å²) in [6.07, 6.45) is 0. The minimum Gasteiger partial charge on any atom is -0.242 e. The summed E-state index contributed by atoms with van der Waals surface area (Å²) < 4.78 is 21.0. The third-order valence-electron chi connectivity index (χ3n) is 0.307. The van der Waals surface area contributed by atoms with Gasteiger partial charge in [0.2, 0.25) is 0 Å². The second kappa shape index (κ2) is 2.89. The summed E-state index contributed by atoms with van der Waals surface area (Å²) in [6, 6.07) is 0. The van der Waals surface area contributed by atoms with Crippen LogP contribution in [0.4, 0.5) is 9.05 Å². The van der Waals surface area contributed by atoms with E-state index in [4.69, 9.17) is 0 Å². The van der Waals surface area contributed by atoms with Gasteiger partial charge >= 0.3 is 11.9 Å². The maximum Gasteiger partial charge on any atom is 0.459 e. The SMILES string of the molecule is O=C(OF)C(=O)OF. The summed E-state index contributed by atoms with van der Waals surface area (Å²) in [4.78, 5) is 23.4. The van der Waals surface area contributed by atoms with Gasteiger partial charge in [0, 0.05) is 9.05 Å². The molecule has 46 valence electrons. The van der Waals surface area contributed by atoms with E-state index in [-0.39, 0.29) is 0 Å². The Labute approximate surface area is 41.8 Å². The predicted octanol–water partition coefficient (Wildman–Crippen LogP) is -0.158. The first-order valence-corrected chi connectivity index (χ1v) is 1.38. The molecule has 0 rings (SSSR count). The maximum absolute atomic E-state index is 10.5. The van der Waals surface area contributed by atoms with Crippen LogP contribution in [-0.4, -0.2) is 11.9 Å². The van der Waals surface area contributed by atoms with E-state index in [2.05, 4.69) is 9.88 Å². The first-order valence-electron chi connectivity index (χ1n) is 1.38. The summed E-state index contributed by atoms with van der Waals surface area (Å²) in [5.41, 5.74) is 0. The lowest BCUT2D eigenvalue weighted by Crippen LogP contribution is -2.13. The molecule has 0 heterocycles. The number of halogens is 2. The number of carbonyl (C=O) groups is 2. The average molecular weight is 126 g/mol. The molecule has 0 aliphatic heterocycles.